The first kappa shape index (κ1) is 15.1. The normalized spacial score (nSPS) is 15.9. The predicted molar refractivity (Wildman–Crippen MR) is 92.3 cm³/mol. The number of benzene rings is 2. The van der Waals surface area contributed by atoms with Crippen molar-refractivity contribution in [3.8, 4) is 5.75 Å². The van der Waals surface area contributed by atoms with Gasteiger partial charge in [0.15, 0.2) is 0 Å². The molecule has 0 radical (unpaired) electrons. The Morgan fingerprint density at radius 3 is 2.29 bits per heavy atom. The monoisotopic (exact) mass is 409 g/mol. The summed E-state index contributed by atoms with van der Waals surface area (Å²) < 4.78 is 1.44. The Bertz CT molecular complexity index is 603. The molecule has 0 amide bonds. The second kappa shape index (κ2) is 6.51. The quantitative estimate of drug-likeness (QED) is 0.713. The van der Waals surface area contributed by atoms with E-state index < -0.39 is 0 Å². The van der Waals surface area contributed by atoms with Crippen molar-refractivity contribution < 1.29 is 5.11 Å². The van der Waals surface area contributed by atoms with E-state index in [0.29, 0.717) is 6.04 Å². The van der Waals surface area contributed by atoms with Gasteiger partial charge in [-0.05, 0) is 73.9 Å². The van der Waals surface area contributed by atoms with Crippen LogP contribution in [0.1, 0.15) is 30.0 Å². The molecule has 0 saturated heterocycles. The third-order valence-electron chi connectivity index (χ3n) is 3.85. The average molecular weight is 411 g/mol. The maximum Gasteiger partial charge on any atom is 0.143 e. The Labute approximate surface area is 141 Å². The lowest BCUT2D eigenvalue weighted by molar-refractivity contribution is 0.465. The number of phenols is 1. The molecule has 2 aromatic rings. The van der Waals surface area contributed by atoms with Crippen LogP contribution in [0.3, 0.4) is 0 Å². The topological polar surface area (TPSA) is 32.3 Å². The fraction of sp³-hybridized carbons (Fsp3) is 0.294. The minimum atomic E-state index is 0.251. The van der Waals surface area contributed by atoms with E-state index in [9.17, 15) is 5.11 Å². The van der Waals surface area contributed by atoms with E-state index in [1.165, 1.54) is 18.4 Å². The van der Waals surface area contributed by atoms with Gasteiger partial charge in [0.1, 0.15) is 5.75 Å². The molecule has 1 fully saturated rings. The summed E-state index contributed by atoms with van der Waals surface area (Å²) in [6.07, 6.45) is 2.60. The summed E-state index contributed by atoms with van der Waals surface area (Å²) in [5.74, 6) is 0.997. The zero-order chi connectivity index (χ0) is 14.8. The van der Waals surface area contributed by atoms with Crippen molar-refractivity contribution >= 4 is 31.9 Å². The van der Waals surface area contributed by atoms with E-state index in [2.05, 4.69) is 67.5 Å². The van der Waals surface area contributed by atoms with Crippen LogP contribution < -0.4 is 5.32 Å². The minimum absolute atomic E-state index is 0.251. The number of halogens is 2. The van der Waals surface area contributed by atoms with E-state index in [4.69, 9.17) is 0 Å². The van der Waals surface area contributed by atoms with Crippen molar-refractivity contribution in [3.05, 3.63) is 62.5 Å². The standard InChI is InChI=1S/C17H17Br2NO/c18-14-8-11(9-15(19)17(14)21)10-20-16(13-6-7-13)12-4-2-1-3-5-12/h1-5,8-9,13,16,20-21H,6-7,10H2. The molecule has 0 aromatic heterocycles. The van der Waals surface area contributed by atoms with Crippen LogP contribution in [0.15, 0.2) is 51.4 Å². The molecule has 1 aliphatic rings. The van der Waals surface area contributed by atoms with Crippen molar-refractivity contribution in [2.24, 2.45) is 5.92 Å². The van der Waals surface area contributed by atoms with Crippen LogP contribution in [0.5, 0.6) is 5.75 Å². The molecule has 4 heteroatoms. The molecule has 2 N–H and O–H groups in total. The van der Waals surface area contributed by atoms with Gasteiger partial charge in [-0.15, -0.1) is 0 Å². The molecule has 2 nitrogen and oxygen atoms in total. The molecule has 0 spiro atoms. The van der Waals surface area contributed by atoms with E-state index in [-0.39, 0.29) is 5.75 Å². The zero-order valence-electron chi connectivity index (χ0n) is 11.5. The summed E-state index contributed by atoms with van der Waals surface area (Å²) >= 11 is 6.76. The average Bonchev–Trinajstić information content (AvgIpc) is 3.31. The van der Waals surface area contributed by atoms with Gasteiger partial charge in [0.05, 0.1) is 8.95 Å². The summed E-state index contributed by atoms with van der Waals surface area (Å²) in [5, 5.41) is 13.4. The van der Waals surface area contributed by atoms with Crippen LogP contribution in [0.4, 0.5) is 0 Å². The van der Waals surface area contributed by atoms with Crippen LogP contribution >= 0.6 is 31.9 Å². The molecule has 21 heavy (non-hydrogen) atoms. The minimum Gasteiger partial charge on any atom is -0.506 e. The molecule has 1 atom stereocenters. The molecule has 110 valence electrons. The molecule has 1 saturated carbocycles. The fourth-order valence-electron chi connectivity index (χ4n) is 2.59. The lowest BCUT2D eigenvalue weighted by Gasteiger charge is -2.19. The van der Waals surface area contributed by atoms with Gasteiger partial charge in [-0.1, -0.05) is 30.3 Å². The predicted octanol–water partition coefficient (Wildman–Crippen LogP) is 5.16. The zero-order valence-corrected chi connectivity index (χ0v) is 14.7. The van der Waals surface area contributed by atoms with Gasteiger partial charge < -0.3 is 10.4 Å². The first-order chi connectivity index (χ1) is 10.1. The maximum absolute atomic E-state index is 9.77. The molecule has 3 rings (SSSR count). The number of nitrogens with one attached hydrogen (secondary N) is 1. The summed E-state index contributed by atoms with van der Waals surface area (Å²) in [7, 11) is 0. The van der Waals surface area contributed by atoms with Gasteiger partial charge in [0.2, 0.25) is 0 Å². The highest BCUT2D eigenvalue weighted by Gasteiger charge is 2.31. The second-order valence-corrected chi connectivity index (χ2v) is 7.22. The number of phenolic OH excluding ortho intramolecular Hbond substituents is 1. The van der Waals surface area contributed by atoms with Crippen molar-refractivity contribution in [1.29, 1.82) is 0 Å². The van der Waals surface area contributed by atoms with Gasteiger partial charge in [-0.25, -0.2) is 0 Å². The summed E-state index contributed by atoms with van der Waals surface area (Å²) in [5.41, 5.74) is 2.50. The van der Waals surface area contributed by atoms with Gasteiger partial charge in [0.25, 0.3) is 0 Å². The van der Waals surface area contributed by atoms with E-state index >= 15 is 0 Å². The van der Waals surface area contributed by atoms with Gasteiger partial charge >= 0.3 is 0 Å². The first-order valence-corrected chi connectivity index (χ1v) is 8.69. The molecule has 1 unspecified atom stereocenters. The molecule has 0 aliphatic heterocycles. The van der Waals surface area contributed by atoms with Crippen LogP contribution in [0.2, 0.25) is 0 Å². The van der Waals surface area contributed by atoms with Gasteiger partial charge in [-0.2, -0.15) is 0 Å². The number of hydrogen-bond acceptors (Lipinski definition) is 2. The van der Waals surface area contributed by atoms with Crippen LogP contribution in [0, 0.1) is 5.92 Å². The van der Waals surface area contributed by atoms with Crippen LogP contribution in [-0.2, 0) is 6.54 Å². The van der Waals surface area contributed by atoms with E-state index in [0.717, 1.165) is 27.0 Å². The number of aromatic hydroxyl groups is 1. The van der Waals surface area contributed by atoms with E-state index in [1.807, 2.05) is 12.1 Å². The van der Waals surface area contributed by atoms with Crippen molar-refractivity contribution in [2.45, 2.75) is 25.4 Å². The lowest BCUT2D eigenvalue weighted by atomic mass is 10.0. The van der Waals surface area contributed by atoms with Crippen molar-refractivity contribution in [3.63, 3.8) is 0 Å². The van der Waals surface area contributed by atoms with Crippen molar-refractivity contribution in [1.82, 2.24) is 5.32 Å². The highest BCUT2D eigenvalue weighted by Crippen LogP contribution is 2.41. The number of rotatable bonds is 5. The highest BCUT2D eigenvalue weighted by atomic mass is 79.9. The Morgan fingerprint density at radius 2 is 1.71 bits per heavy atom. The van der Waals surface area contributed by atoms with Crippen molar-refractivity contribution in [2.75, 3.05) is 0 Å². The Morgan fingerprint density at radius 1 is 1.10 bits per heavy atom. The Balaban J connectivity index is 1.73. The number of hydrogen-bond donors (Lipinski definition) is 2. The van der Waals surface area contributed by atoms with Gasteiger partial charge in [-0.3, -0.25) is 0 Å². The molecule has 0 bridgehead atoms. The fourth-order valence-corrected chi connectivity index (χ4v) is 3.88. The Hall–Kier alpha value is -0.840. The van der Waals surface area contributed by atoms with E-state index in [1.54, 1.807) is 0 Å². The molecule has 0 heterocycles. The molecule has 2 aromatic carbocycles. The molecule has 1 aliphatic carbocycles. The lowest BCUT2D eigenvalue weighted by Crippen LogP contribution is -2.22. The summed E-state index contributed by atoms with van der Waals surface area (Å²) in [4.78, 5) is 0. The summed E-state index contributed by atoms with van der Waals surface area (Å²) in [6, 6.07) is 15.0. The third-order valence-corrected chi connectivity index (χ3v) is 5.06. The van der Waals surface area contributed by atoms with Crippen LogP contribution in [0.25, 0.3) is 0 Å². The SMILES string of the molecule is Oc1c(Br)cc(CNC(c2ccccc2)C2CC2)cc1Br. The molecular formula is C17H17Br2NO. The highest BCUT2D eigenvalue weighted by molar-refractivity contribution is 9.11. The van der Waals surface area contributed by atoms with Crippen LogP contribution in [-0.4, -0.2) is 5.11 Å². The van der Waals surface area contributed by atoms with Gasteiger partial charge in [0, 0.05) is 12.6 Å². The largest absolute Gasteiger partial charge is 0.506 e. The molecular weight excluding hydrogens is 394 g/mol. The first-order valence-electron chi connectivity index (χ1n) is 7.10. The maximum atomic E-state index is 9.77. The summed E-state index contributed by atoms with van der Waals surface area (Å²) in [6.45, 7) is 0.785. The Kier molecular flexibility index (Phi) is 4.67. The third kappa shape index (κ3) is 3.68. The second-order valence-electron chi connectivity index (χ2n) is 5.51. The smallest absolute Gasteiger partial charge is 0.143 e.